The van der Waals surface area contributed by atoms with Gasteiger partial charge in [0.15, 0.2) is 0 Å². The summed E-state index contributed by atoms with van der Waals surface area (Å²) >= 11 is 0. The van der Waals surface area contributed by atoms with Gasteiger partial charge in [-0.1, -0.05) is 34.1 Å². The van der Waals surface area contributed by atoms with Crippen molar-refractivity contribution in [2.75, 3.05) is 0 Å². The van der Waals surface area contributed by atoms with Crippen molar-refractivity contribution in [2.45, 2.75) is 46.6 Å². The molecule has 0 amide bonds. The molecular formula is C9H22N2. The summed E-state index contributed by atoms with van der Waals surface area (Å²) in [6.45, 7) is 8.88. The van der Waals surface area contributed by atoms with E-state index in [1.807, 2.05) is 0 Å². The summed E-state index contributed by atoms with van der Waals surface area (Å²) in [5.41, 5.74) is 2.89. The summed E-state index contributed by atoms with van der Waals surface area (Å²) in [4.78, 5) is 0. The Kier molecular flexibility index (Phi) is 5.51. The van der Waals surface area contributed by atoms with Gasteiger partial charge >= 0.3 is 0 Å². The molecule has 3 N–H and O–H groups in total. The fourth-order valence-electron chi connectivity index (χ4n) is 1.65. The van der Waals surface area contributed by atoms with E-state index in [1.165, 1.54) is 12.8 Å². The van der Waals surface area contributed by atoms with Crippen LogP contribution in [0.4, 0.5) is 0 Å². The molecule has 0 saturated carbocycles. The average Bonchev–Trinajstić information content (AvgIpc) is 1.88. The van der Waals surface area contributed by atoms with Gasteiger partial charge in [-0.25, -0.2) is 0 Å². The van der Waals surface area contributed by atoms with Crippen LogP contribution in [0.25, 0.3) is 0 Å². The monoisotopic (exact) mass is 158 g/mol. The van der Waals surface area contributed by atoms with Gasteiger partial charge in [-0.2, -0.15) is 0 Å². The molecule has 0 heterocycles. The maximum absolute atomic E-state index is 5.45. The molecule has 68 valence electrons. The number of rotatable bonds is 5. The minimum atomic E-state index is 0.468. The van der Waals surface area contributed by atoms with Crippen LogP contribution in [0.3, 0.4) is 0 Å². The van der Waals surface area contributed by atoms with Crippen molar-refractivity contribution in [1.29, 1.82) is 0 Å². The molecule has 0 aliphatic heterocycles. The molecule has 0 radical (unpaired) electrons. The lowest BCUT2D eigenvalue weighted by atomic mass is 9.89. The van der Waals surface area contributed by atoms with E-state index in [-0.39, 0.29) is 0 Å². The third kappa shape index (κ3) is 3.73. The molecule has 2 heteroatoms. The van der Waals surface area contributed by atoms with Crippen LogP contribution in [0, 0.1) is 11.8 Å². The second-order valence-electron chi connectivity index (χ2n) is 3.70. The largest absolute Gasteiger partial charge is 0.271 e. The number of nitrogens with two attached hydrogens (primary N) is 1. The van der Waals surface area contributed by atoms with Gasteiger partial charge in [-0.05, 0) is 18.3 Å². The lowest BCUT2D eigenvalue weighted by Gasteiger charge is -2.26. The highest BCUT2D eigenvalue weighted by molar-refractivity contribution is 4.73. The van der Waals surface area contributed by atoms with Gasteiger partial charge in [0, 0.05) is 6.04 Å². The highest BCUT2D eigenvalue weighted by atomic mass is 15.2. The molecule has 0 aliphatic carbocycles. The molecule has 0 spiro atoms. The zero-order valence-electron chi connectivity index (χ0n) is 8.22. The summed E-state index contributed by atoms with van der Waals surface area (Å²) in [7, 11) is 0. The van der Waals surface area contributed by atoms with Gasteiger partial charge in [-0.3, -0.25) is 11.3 Å². The van der Waals surface area contributed by atoms with Crippen LogP contribution >= 0.6 is 0 Å². The third-order valence-electron chi connectivity index (χ3n) is 2.27. The Balaban J connectivity index is 3.81. The molecule has 0 fully saturated rings. The van der Waals surface area contributed by atoms with Crippen molar-refractivity contribution < 1.29 is 0 Å². The van der Waals surface area contributed by atoms with Crippen molar-refractivity contribution >= 4 is 0 Å². The highest BCUT2D eigenvalue weighted by Gasteiger charge is 2.17. The Morgan fingerprint density at radius 2 is 1.82 bits per heavy atom. The second kappa shape index (κ2) is 5.56. The van der Waals surface area contributed by atoms with Crippen molar-refractivity contribution in [3.8, 4) is 0 Å². The Hall–Kier alpha value is -0.0800. The van der Waals surface area contributed by atoms with Crippen molar-refractivity contribution in [3.63, 3.8) is 0 Å². The number of hydrazine groups is 1. The zero-order valence-corrected chi connectivity index (χ0v) is 8.22. The molecule has 0 aliphatic rings. The predicted molar refractivity (Wildman–Crippen MR) is 50.0 cm³/mol. The number of hydrogen-bond acceptors (Lipinski definition) is 2. The molecule has 11 heavy (non-hydrogen) atoms. The topological polar surface area (TPSA) is 38.0 Å². The van der Waals surface area contributed by atoms with Gasteiger partial charge in [-0.15, -0.1) is 0 Å². The van der Waals surface area contributed by atoms with E-state index in [2.05, 4.69) is 33.1 Å². The van der Waals surface area contributed by atoms with Crippen LogP contribution in [0.2, 0.25) is 0 Å². The standard InChI is InChI=1S/C9H22N2/c1-5-6-8(4)9(11-10)7(2)3/h7-9,11H,5-6,10H2,1-4H3/t8-,9+/m0/s1. The summed E-state index contributed by atoms with van der Waals surface area (Å²) < 4.78 is 0. The maximum Gasteiger partial charge on any atom is 0.0259 e. The molecule has 0 rings (SSSR count). The molecule has 0 aromatic carbocycles. The van der Waals surface area contributed by atoms with E-state index in [9.17, 15) is 0 Å². The Bertz CT molecular complexity index is 91.6. The molecular weight excluding hydrogens is 136 g/mol. The van der Waals surface area contributed by atoms with E-state index in [0.29, 0.717) is 17.9 Å². The van der Waals surface area contributed by atoms with Crippen LogP contribution in [0.1, 0.15) is 40.5 Å². The normalized spacial score (nSPS) is 16.9. The predicted octanol–water partition coefficient (Wildman–Crippen LogP) is 1.91. The van der Waals surface area contributed by atoms with Crippen LogP contribution in [-0.2, 0) is 0 Å². The lowest BCUT2D eigenvalue weighted by molar-refractivity contribution is 0.287. The van der Waals surface area contributed by atoms with Crippen LogP contribution in [-0.4, -0.2) is 6.04 Å². The fraction of sp³-hybridized carbons (Fsp3) is 1.00. The Morgan fingerprint density at radius 3 is 2.09 bits per heavy atom. The van der Waals surface area contributed by atoms with E-state index in [0.717, 1.165) is 0 Å². The quantitative estimate of drug-likeness (QED) is 0.474. The van der Waals surface area contributed by atoms with Gasteiger partial charge in [0.1, 0.15) is 0 Å². The number of nitrogens with one attached hydrogen (secondary N) is 1. The molecule has 0 unspecified atom stereocenters. The van der Waals surface area contributed by atoms with Crippen molar-refractivity contribution in [1.82, 2.24) is 5.43 Å². The summed E-state index contributed by atoms with van der Waals surface area (Å²) in [5, 5.41) is 0. The SMILES string of the molecule is CCC[C@H](C)[C@H](NN)C(C)C. The van der Waals surface area contributed by atoms with Gasteiger partial charge in [0.2, 0.25) is 0 Å². The molecule has 0 aromatic rings. The fourth-order valence-corrected chi connectivity index (χ4v) is 1.65. The van der Waals surface area contributed by atoms with E-state index in [1.54, 1.807) is 0 Å². The molecule has 2 atom stereocenters. The first-order valence-electron chi connectivity index (χ1n) is 4.59. The summed E-state index contributed by atoms with van der Waals surface area (Å²) in [5.74, 6) is 6.77. The zero-order chi connectivity index (χ0) is 8.85. The van der Waals surface area contributed by atoms with Crippen LogP contribution in [0.5, 0.6) is 0 Å². The minimum Gasteiger partial charge on any atom is -0.271 e. The van der Waals surface area contributed by atoms with Gasteiger partial charge in [0.25, 0.3) is 0 Å². The molecule has 0 saturated heterocycles. The van der Waals surface area contributed by atoms with E-state index in [4.69, 9.17) is 5.84 Å². The van der Waals surface area contributed by atoms with E-state index >= 15 is 0 Å². The molecule has 0 aromatic heterocycles. The van der Waals surface area contributed by atoms with E-state index < -0.39 is 0 Å². The Labute approximate surface area is 70.5 Å². The molecule has 2 nitrogen and oxygen atoms in total. The average molecular weight is 158 g/mol. The van der Waals surface area contributed by atoms with Crippen LogP contribution < -0.4 is 11.3 Å². The smallest absolute Gasteiger partial charge is 0.0259 e. The first-order chi connectivity index (χ1) is 5.13. The Morgan fingerprint density at radius 1 is 1.27 bits per heavy atom. The van der Waals surface area contributed by atoms with Gasteiger partial charge in [0.05, 0.1) is 0 Å². The summed E-state index contributed by atoms with van der Waals surface area (Å²) in [6, 6.07) is 0.468. The second-order valence-corrected chi connectivity index (χ2v) is 3.70. The van der Waals surface area contributed by atoms with Crippen LogP contribution in [0.15, 0.2) is 0 Å². The minimum absolute atomic E-state index is 0.468. The first-order valence-corrected chi connectivity index (χ1v) is 4.59. The maximum atomic E-state index is 5.45. The summed E-state index contributed by atoms with van der Waals surface area (Å²) in [6.07, 6.45) is 2.50. The van der Waals surface area contributed by atoms with Crippen molar-refractivity contribution in [2.24, 2.45) is 17.7 Å². The number of hydrogen-bond donors (Lipinski definition) is 2. The molecule has 0 bridgehead atoms. The van der Waals surface area contributed by atoms with Gasteiger partial charge < -0.3 is 0 Å². The first kappa shape index (κ1) is 10.9. The highest BCUT2D eigenvalue weighted by Crippen LogP contribution is 2.16. The third-order valence-corrected chi connectivity index (χ3v) is 2.27. The lowest BCUT2D eigenvalue weighted by Crippen LogP contribution is -2.43. The van der Waals surface area contributed by atoms with Crippen molar-refractivity contribution in [3.05, 3.63) is 0 Å².